The van der Waals surface area contributed by atoms with Crippen LogP contribution in [0.15, 0.2) is 34.7 Å². The summed E-state index contributed by atoms with van der Waals surface area (Å²) in [7, 11) is 1.85. The zero-order chi connectivity index (χ0) is 14.8. The predicted molar refractivity (Wildman–Crippen MR) is 86.5 cm³/mol. The van der Waals surface area contributed by atoms with Gasteiger partial charge in [-0.2, -0.15) is 11.8 Å². The van der Waals surface area contributed by atoms with Crippen LogP contribution < -0.4 is 5.32 Å². The summed E-state index contributed by atoms with van der Waals surface area (Å²) in [5.41, 5.74) is 0.867. The normalized spacial score (nSPS) is 20.4. The SMILES string of the molecule is CC(c1cc2ccccc2o1)N(C)C(=O)C1CSCCN1. The van der Waals surface area contributed by atoms with Gasteiger partial charge >= 0.3 is 0 Å². The third-order valence-electron chi connectivity index (χ3n) is 4.00. The van der Waals surface area contributed by atoms with Crippen molar-refractivity contribution in [3.05, 3.63) is 36.1 Å². The Hall–Kier alpha value is -1.46. The predicted octanol–water partition coefficient (Wildman–Crippen LogP) is 2.66. The summed E-state index contributed by atoms with van der Waals surface area (Å²) >= 11 is 1.83. The molecule has 0 aliphatic carbocycles. The van der Waals surface area contributed by atoms with Crippen molar-refractivity contribution in [3.8, 4) is 0 Å². The topological polar surface area (TPSA) is 45.5 Å². The van der Waals surface area contributed by atoms with Gasteiger partial charge in [0, 0.05) is 30.5 Å². The fourth-order valence-corrected chi connectivity index (χ4v) is 3.48. The van der Waals surface area contributed by atoms with E-state index in [-0.39, 0.29) is 18.0 Å². The van der Waals surface area contributed by atoms with E-state index in [9.17, 15) is 4.79 Å². The molecule has 2 heterocycles. The van der Waals surface area contributed by atoms with Crippen LogP contribution in [0.5, 0.6) is 0 Å². The van der Waals surface area contributed by atoms with Crippen LogP contribution in [0.1, 0.15) is 18.7 Å². The van der Waals surface area contributed by atoms with Crippen molar-refractivity contribution in [2.24, 2.45) is 0 Å². The summed E-state index contributed by atoms with van der Waals surface area (Å²) < 4.78 is 5.87. The number of nitrogens with one attached hydrogen (secondary N) is 1. The Morgan fingerprint density at radius 2 is 2.29 bits per heavy atom. The van der Waals surface area contributed by atoms with Gasteiger partial charge in [-0.3, -0.25) is 4.79 Å². The summed E-state index contributed by atoms with van der Waals surface area (Å²) in [6.45, 7) is 2.90. The van der Waals surface area contributed by atoms with Crippen molar-refractivity contribution in [1.82, 2.24) is 10.2 Å². The number of benzene rings is 1. The second-order valence-corrected chi connectivity index (χ2v) is 6.54. The molecule has 1 N–H and O–H groups in total. The highest BCUT2D eigenvalue weighted by Gasteiger charge is 2.28. The second-order valence-electron chi connectivity index (χ2n) is 5.39. The molecule has 112 valence electrons. The summed E-state index contributed by atoms with van der Waals surface area (Å²) in [5.74, 6) is 2.88. The van der Waals surface area contributed by atoms with E-state index in [1.54, 1.807) is 4.90 Å². The molecule has 1 aromatic carbocycles. The molecule has 4 nitrogen and oxygen atoms in total. The summed E-state index contributed by atoms with van der Waals surface area (Å²) in [6.07, 6.45) is 0. The Labute approximate surface area is 128 Å². The Morgan fingerprint density at radius 3 is 3.00 bits per heavy atom. The number of amides is 1. The molecule has 1 aliphatic rings. The van der Waals surface area contributed by atoms with E-state index >= 15 is 0 Å². The van der Waals surface area contributed by atoms with Crippen LogP contribution in [0.25, 0.3) is 11.0 Å². The Morgan fingerprint density at radius 1 is 1.48 bits per heavy atom. The van der Waals surface area contributed by atoms with Crippen LogP contribution in [0.4, 0.5) is 0 Å². The summed E-state index contributed by atoms with van der Waals surface area (Å²) in [6, 6.07) is 9.79. The van der Waals surface area contributed by atoms with Crippen LogP contribution in [0.2, 0.25) is 0 Å². The van der Waals surface area contributed by atoms with E-state index in [0.717, 1.165) is 34.8 Å². The van der Waals surface area contributed by atoms with E-state index in [4.69, 9.17) is 4.42 Å². The lowest BCUT2D eigenvalue weighted by atomic mass is 10.1. The van der Waals surface area contributed by atoms with Gasteiger partial charge in [0.25, 0.3) is 0 Å². The lowest BCUT2D eigenvalue weighted by Crippen LogP contribution is -2.49. The van der Waals surface area contributed by atoms with Crippen LogP contribution in [-0.4, -0.2) is 41.9 Å². The third-order valence-corrected chi connectivity index (χ3v) is 5.07. The van der Waals surface area contributed by atoms with Gasteiger partial charge in [0.05, 0.1) is 12.1 Å². The number of para-hydroxylation sites is 1. The van der Waals surface area contributed by atoms with E-state index in [1.165, 1.54) is 0 Å². The van der Waals surface area contributed by atoms with Crippen molar-refractivity contribution >= 4 is 28.6 Å². The van der Waals surface area contributed by atoms with Crippen molar-refractivity contribution in [2.75, 3.05) is 25.1 Å². The molecule has 1 amide bonds. The van der Waals surface area contributed by atoms with Gasteiger partial charge in [-0.1, -0.05) is 18.2 Å². The highest BCUT2D eigenvalue weighted by Crippen LogP contribution is 2.27. The van der Waals surface area contributed by atoms with E-state index in [1.807, 2.05) is 56.1 Å². The minimum Gasteiger partial charge on any atom is -0.459 e. The van der Waals surface area contributed by atoms with Crippen LogP contribution >= 0.6 is 11.8 Å². The number of thioether (sulfide) groups is 1. The van der Waals surface area contributed by atoms with Crippen LogP contribution in [0.3, 0.4) is 0 Å². The number of rotatable bonds is 3. The Bertz CT molecular complexity index is 601. The molecule has 21 heavy (non-hydrogen) atoms. The molecule has 2 aromatic rings. The average molecular weight is 304 g/mol. The van der Waals surface area contributed by atoms with Crippen molar-refractivity contribution < 1.29 is 9.21 Å². The fourth-order valence-electron chi connectivity index (χ4n) is 2.56. The lowest BCUT2D eigenvalue weighted by molar-refractivity contribution is -0.133. The average Bonchev–Trinajstić information content (AvgIpc) is 2.97. The molecule has 3 rings (SSSR count). The van der Waals surface area contributed by atoms with Gasteiger partial charge < -0.3 is 14.6 Å². The molecule has 1 aromatic heterocycles. The molecule has 0 saturated carbocycles. The van der Waals surface area contributed by atoms with Crippen molar-refractivity contribution in [2.45, 2.75) is 19.0 Å². The maximum Gasteiger partial charge on any atom is 0.240 e. The largest absolute Gasteiger partial charge is 0.459 e. The number of carbonyl (C=O) groups excluding carboxylic acids is 1. The quantitative estimate of drug-likeness (QED) is 0.947. The van der Waals surface area contributed by atoms with Gasteiger partial charge in [0.2, 0.25) is 5.91 Å². The number of likely N-dealkylation sites (N-methyl/N-ethyl adjacent to an activating group) is 1. The smallest absolute Gasteiger partial charge is 0.240 e. The first-order valence-corrected chi connectivity index (χ1v) is 8.38. The molecule has 2 atom stereocenters. The second kappa shape index (κ2) is 6.12. The van der Waals surface area contributed by atoms with Gasteiger partial charge in [-0.15, -0.1) is 0 Å². The first kappa shape index (κ1) is 14.5. The number of fused-ring (bicyclic) bond motifs is 1. The zero-order valence-electron chi connectivity index (χ0n) is 12.3. The maximum atomic E-state index is 12.5. The number of hydrogen-bond acceptors (Lipinski definition) is 4. The van der Waals surface area contributed by atoms with Crippen LogP contribution in [-0.2, 0) is 4.79 Å². The third kappa shape index (κ3) is 2.94. The summed E-state index contributed by atoms with van der Waals surface area (Å²) in [5, 5.41) is 4.37. The molecule has 1 aliphatic heterocycles. The molecular weight excluding hydrogens is 284 g/mol. The van der Waals surface area contributed by atoms with Crippen molar-refractivity contribution in [1.29, 1.82) is 0 Å². The maximum absolute atomic E-state index is 12.5. The van der Waals surface area contributed by atoms with E-state index in [0.29, 0.717) is 0 Å². The molecule has 0 radical (unpaired) electrons. The van der Waals surface area contributed by atoms with Gasteiger partial charge in [-0.25, -0.2) is 0 Å². The van der Waals surface area contributed by atoms with Gasteiger partial charge in [0.1, 0.15) is 11.3 Å². The number of furan rings is 1. The molecule has 5 heteroatoms. The zero-order valence-corrected chi connectivity index (χ0v) is 13.2. The Kier molecular flexibility index (Phi) is 4.22. The van der Waals surface area contributed by atoms with E-state index < -0.39 is 0 Å². The lowest BCUT2D eigenvalue weighted by Gasteiger charge is -2.30. The summed E-state index contributed by atoms with van der Waals surface area (Å²) in [4.78, 5) is 14.3. The van der Waals surface area contributed by atoms with E-state index in [2.05, 4.69) is 5.32 Å². The number of carbonyl (C=O) groups is 1. The van der Waals surface area contributed by atoms with Crippen molar-refractivity contribution in [3.63, 3.8) is 0 Å². The molecule has 1 saturated heterocycles. The standard InChI is InChI=1S/C16H20N2O2S/c1-11(15-9-12-5-3-4-6-14(12)20-15)18(2)16(19)13-10-21-8-7-17-13/h3-6,9,11,13,17H,7-8,10H2,1-2H3. The number of hydrogen-bond donors (Lipinski definition) is 1. The monoisotopic (exact) mass is 304 g/mol. The van der Waals surface area contributed by atoms with Gasteiger partial charge in [-0.05, 0) is 19.1 Å². The van der Waals surface area contributed by atoms with Crippen LogP contribution in [0, 0.1) is 0 Å². The highest BCUT2D eigenvalue weighted by molar-refractivity contribution is 7.99. The molecule has 2 unspecified atom stereocenters. The first-order valence-electron chi connectivity index (χ1n) is 7.23. The minimum absolute atomic E-state index is 0.0707. The molecule has 0 bridgehead atoms. The highest BCUT2D eigenvalue weighted by atomic mass is 32.2. The fraction of sp³-hybridized carbons (Fsp3) is 0.438. The van der Waals surface area contributed by atoms with Gasteiger partial charge in [0.15, 0.2) is 0 Å². The Balaban J connectivity index is 1.76. The molecule has 0 spiro atoms. The minimum atomic E-state index is -0.0828. The number of nitrogens with zero attached hydrogens (tertiary/aromatic N) is 1. The first-order chi connectivity index (χ1) is 10.2. The molecule has 1 fully saturated rings. The molecular formula is C16H20N2O2S.